The summed E-state index contributed by atoms with van der Waals surface area (Å²) in [6, 6.07) is 3.56. The summed E-state index contributed by atoms with van der Waals surface area (Å²) in [4.78, 5) is 0.126. The fourth-order valence-electron chi connectivity index (χ4n) is 2.03. The van der Waals surface area contributed by atoms with Gasteiger partial charge in [0.15, 0.2) is 0 Å². The van der Waals surface area contributed by atoms with Crippen molar-refractivity contribution in [3.8, 4) is 0 Å². The molecule has 0 aliphatic rings. The smallest absolute Gasteiger partial charge is 0.341 e. The third-order valence-corrected chi connectivity index (χ3v) is 4.94. The van der Waals surface area contributed by atoms with Crippen LogP contribution in [0.15, 0.2) is 39.7 Å². The Balaban J connectivity index is 3.20. The van der Waals surface area contributed by atoms with Crippen LogP contribution in [0.1, 0.15) is 16.7 Å². The zero-order valence-electron chi connectivity index (χ0n) is 12.9. The molecule has 1 rings (SSSR count). The first kappa shape index (κ1) is 18.5. The molecule has 1 aromatic carbocycles. The van der Waals surface area contributed by atoms with Gasteiger partial charge < -0.3 is 14.9 Å². The van der Waals surface area contributed by atoms with E-state index in [1.807, 2.05) is 6.92 Å². The lowest BCUT2D eigenvalue weighted by atomic mass is 10.1. The molecular formula is C14H20BrN3O3S. The molecule has 22 heavy (non-hydrogen) atoms. The molecule has 0 aromatic heterocycles. The summed E-state index contributed by atoms with van der Waals surface area (Å²) in [5.41, 5.74) is 7.88. The van der Waals surface area contributed by atoms with Crippen LogP contribution in [0.25, 0.3) is 0 Å². The number of nitrogens with two attached hydrogens (primary N) is 2. The monoisotopic (exact) mass is 389 g/mol. The minimum Gasteiger partial charge on any atom is -0.368 e. The number of rotatable bonds is 5. The average molecular weight is 390 g/mol. The molecule has 0 amide bonds. The second kappa shape index (κ2) is 7.17. The molecule has 0 atom stereocenters. The van der Waals surface area contributed by atoms with Gasteiger partial charge in [-0.25, -0.2) is 5.84 Å². The fourth-order valence-corrected chi connectivity index (χ4v) is 3.65. The lowest BCUT2D eigenvalue weighted by Crippen LogP contribution is -2.18. The van der Waals surface area contributed by atoms with Crippen molar-refractivity contribution in [2.24, 2.45) is 11.6 Å². The van der Waals surface area contributed by atoms with Crippen molar-refractivity contribution >= 4 is 26.0 Å². The molecule has 0 bridgehead atoms. The van der Waals surface area contributed by atoms with Crippen LogP contribution in [0, 0.1) is 20.8 Å². The second-order valence-corrected chi connectivity index (χ2v) is 7.30. The van der Waals surface area contributed by atoms with Gasteiger partial charge in [-0.15, -0.1) is 0 Å². The zero-order chi connectivity index (χ0) is 17.1. The van der Waals surface area contributed by atoms with E-state index in [0.717, 1.165) is 5.56 Å². The summed E-state index contributed by atoms with van der Waals surface area (Å²) in [5, 5.41) is 1.29. The van der Waals surface area contributed by atoms with Gasteiger partial charge in [-0.2, -0.15) is 8.42 Å². The van der Waals surface area contributed by atoms with Crippen LogP contribution in [0.5, 0.6) is 0 Å². The molecule has 0 saturated carbocycles. The van der Waals surface area contributed by atoms with E-state index in [2.05, 4.69) is 15.9 Å². The molecule has 1 aromatic rings. The number of hydrogen-bond acceptors (Lipinski definition) is 6. The van der Waals surface area contributed by atoms with Crippen molar-refractivity contribution in [1.29, 1.82) is 0 Å². The Morgan fingerprint density at radius 2 is 1.77 bits per heavy atom. The van der Waals surface area contributed by atoms with E-state index in [4.69, 9.17) is 15.8 Å². The normalized spacial score (nSPS) is 13.2. The van der Waals surface area contributed by atoms with E-state index < -0.39 is 10.1 Å². The molecule has 0 saturated heterocycles. The highest BCUT2D eigenvalue weighted by Crippen LogP contribution is 2.25. The van der Waals surface area contributed by atoms with Crippen LogP contribution >= 0.6 is 15.9 Å². The highest BCUT2D eigenvalue weighted by atomic mass is 79.9. The van der Waals surface area contributed by atoms with Gasteiger partial charge in [-0.05, 0) is 53.9 Å². The Bertz CT molecular complexity index is 702. The van der Waals surface area contributed by atoms with E-state index in [1.165, 1.54) is 17.3 Å². The Kier molecular flexibility index (Phi) is 6.04. The summed E-state index contributed by atoms with van der Waals surface area (Å²) in [6.45, 7) is 5.33. The van der Waals surface area contributed by atoms with Crippen LogP contribution in [-0.2, 0) is 14.3 Å². The van der Waals surface area contributed by atoms with Crippen LogP contribution in [0.3, 0.4) is 0 Å². The number of halogens is 1. The van der Waals surface area contributed by atoms with Crippen molar-refractivity contribution in [2.75, 3.05) is 7.05 Å². The molecule has 0 unspecified atom stereocenters. The van der Waals surface area contributed by atoms with Gasteiger partial charge in [0, 0.05) is 13.2 Å². The van der Waals surface area contributed by atoms with Gasteiger partial charge in [0.05, 0.1) is 4.48 Å². The van der Waals surface area contributed by atoms with E-state index in [1.54, 1.807) is 33.0 Å². The van der Waals surface area contributed by atoms with E-state index in [9.17, 15) is 8.42 Å². The van der Waals surface area contributed by atoms with Gasteiger partial charge >= 0.3 is 10.1 Å². The molecule has 4 N–H and O–H groups in total. The number of allylic oxidation sites excluding steroid dienone is 2. The first-order valence-electron chi connectivity index (χ1n) is 6.38. The third kappa shape index (κ3) is 4.75. The molecule has 0 heterocycles. The quantitative estimate of drug-likeness (QED) is 0.263. The number of hydrazine groups is 1. The van der Waals surface area contributed by atoms with Crippen molar-refractivity contribution in [3.05, 3.63) is 51.5 Å². The third-order valence-electron chi connectivity index (χ3n) is 2.75. The molecule has 0 spiro atoms. The molecule has 122 valence electrons. The minimum absolute atomic E-state index is 0.126. The first-order valence-corrected chi connectivity index (χ1v) is 8.58. The number of benzene rings is 1. The van der Waals surface area contributed by atoms with Crippen molar-refractivity contribution in [3.63, 3.8) is 0 Å². The van der Waals surface area contributed by atoms with E-state index >= 15 is 0 Å². The van der Waals surface area contributed by atoms with Gasteiger partial charge in [-0.3, -0.25) is 0 Å². The maximum Gasteiger partial charge on any atom is 0.341 e. The van der Waals surface area contributed by atoms with Crippen molar-refractivity contribution in [2.45, 2.75) is 25.7 Å². The predicted molar refractivity (Wildman–Crippen MR) is 90.2 cm³/mol. The summed E-state index contributed by atoms with van der Waals surface area (Å²) in [6.07, 6.45) is 2.98. The van der Waals surface area contributed by atoms with Crippen LogP contribution < -0.4 is 11.6 Å². The largest absolute Gasteiger partial charge is 0.368 e. The SMILES string of the molecule is Cc1cc(C)c(S(=O)(=O)O/C(N)=C(Br)/C=C\N(C)N)c(C)c1. The molecule has 6 nitrogen and oxygen atoms in total. The molecule has 0 fully saturated rings. The minimum atomic E-state index is -4.01. The topological polar surface area (TPSA) is 98.6 Å². The fraction of sp³-hybridized carbons (Fsp3) is 0.286. The highest BCUT2D eigenvalue weighted by Gasteiger charge is 2.23. The zero-order valence-corrected chi connectivity index (χ0v) is 15.3. The van der Waals surface area contributed by atoms with Gasteiger partial charge in [0.2, 0.25) is 5.88 Å². The maximum atomic E-state index is 12.4. The molecule has 0 radical (unpaired) electrons. The van der Waals surface area contributed by atoms with Crippen molar-refractivity contribution < 1.29 is 12.6 Å². The van der Waals surface area contributed by atoms with E-state index in [-0.39, 0.29) is 15.3 Å². The Hall–Kier alpha value is -1.51. The number of hydrogen-bond donors (Lipinski definition) is 2. The Morgan fingerprint density at radius 1 is 1.27 bits per heavy atom. The van der Waals surface area contributed by atoms with E-state index in [0.29, 0.717) is 11.1 Å². The Morgan fingerprint density at radius 3 is 2.23 bits per heavy atom. The summed E-state index contributed by atoms with van der Waals surface area (Å²) < 4.78 is 30.1. The lowest BCUT2D eigenvalue weighted by Gasteiger charge is -2.13. The molecule has 0 aliphatic heterocycles. The van der Waals surface area contributed by atoms with Crippen molar-refractivity contribution in [1.82, 2.24) is 5.01 Å². The summed E-state index contributed by atoms with van der Waals surface area (Å²) >= 11 is 3.14. The molecular weight excluding hydrogens is 370 g/mol. The Labute approximate surface area is 139 Å². The van der Waals surface area contributed by atoms with Gasteiger partial charge in [-0.1, -0.05) is 17.7 Å². The predicted octanol–water partition coefficient (Wildman–Crippen LogP) is 2.16. The standard InChI is InChI=1S/C14H20BrN3O3S/c1-9-7-10(2)13(11(3)8-9)22(19,20)21-14(16)12(15)5-6-18(4)17/h5-8H,16-17H2,1-4H3/b6-5-,14-12-. The number of nitrogens with zero attached hydrogens (tertiary/aromatic N) is 1. The summed E-state index contributed by atoms with van der Waals surface area (Å²) in [5.74, 6) is 5.15. The van der Waals surface area contributed by atoms with Gasteiger partial charge in [0.25, 0.3) is 0 Å². The summed E-state index contributed by atoms with van der Waals surface area (Å²) in [7, 11) is -2.40. The maximum absolute atomic E-state index is 12.4. The molecule has 8 heteroatoms. The second-order valence-electron chi connectivity index (χ2n) is 4.96. The highest BCUT2D eigenvalue weighted by molar-refractivity contribution is 9.11. The first-order chi connectivity index (χ1) is 10.0. The van der Waals surface area contributed by atoms with Gasteiger partial charge in [0.1, 0.15) is 4.90 Å². The van der Waals surface area contributed by atoms with Crippen LogP contribution in [0.2, 0.25) is 0 Å². The number of aryl methyl sites for hydroxylation is 3. The van der Waals surface area contributed by atoms with Crippen LogP contribution in [0.4, 0.5) is 0 Å². The van der Waals surface area contributed by atoms with Crippen LogP contribution in [-0.4, -0.2) is 20.5 Å². The average Bonchev–Trinajstić information content (AvgIpc) is 2.33. The lowest BCUT2D eigenvalue weighted by molar-refractivity contribution is 0.401. The molecule has 0 aliphatic carbocycles.